The molecule has 0 aromatic carbocycles. The number of aromatic nitrogens is 2. The van der Waals surface area contributed by atoms with E-state index in [-0.39, 0.29) is 17.3 Å². The van der Waals surface area contributed by atoms with Gasteiger partial charge in [-0.1, -0.05) is 11.6 Å². The molecule has 0 radical (unpaired) electrons. The van der Waals surface area contributed by atoms with E-state index in [1.54, 1.807) is 13.8 Å². The average molecular weight is 318 g/mol. The third kappa shape index (κ3) is 2.33. The Morgan fingerprint density at radius 2 is 2.14 bits per heavy atom. The summed E-state index contributed by atoms with van der Waals surface area (Å²) >= 11 is 5.86. The zero-order valence-corrected chi connectivity index (χ0v) is 12.3. The molecule has 0 aliphatic carbocycles. The molecule has 0 unspecified atom stereocenters. The molecule has 4 atom stereocenters. The molecule has 2 aliphatic rings. The summed E-state index contributed by atoms with van der Waals surface area (Å²) in [6.45, 7) is 3.25. The molecule has 3 rings (SSSR count). The molecular weight excluding hydrogens is 302 g/mol. The number of nitrogen functional groups attached to an aromatic ring is 1. The first-order chi connectivity index (χ1) is 9.84. The lowest BCUT2D eigenvalue weighted by molar-refractivity contribution is -0.202. The number of anilines is 1. The number of hydrogen-bond donors (Lipinski definition) is 2. The van der Waals surface area contributed by atoms with Crippen molar-refractivity contribution >= 4 is 17.3 Å². The van der Waals surface area contributed by atoms with Gasteiger partial charge in [0.2, 0.25) is 0 Å². The number of aliphatic hydroxyl groups excluding tert-OH is 1. The maximum absolute atomic E-state index is 12.2. The first kappa shape index (κ1) is 14.7. The molecule has 9 heteroatoms. The SMILES string of the molecule is CC1(C)O[C@@H]2[C@H](O1)[C@@H](CO)O[C@H]2n1ncc(N)c(Cl)c1=O. The number of nitrogens with zero attached hydrogens (tertiary/aromatic N) is 2. The van der Waals surface area contributed by atoms with Gasteiger partial charge in [-0.05, 0) is 13.8 Å². The third-order valence-corrected chi connectivity index (χ3v) is 3.90. The van der Waals surface area contributed by atoms with Crippen molar-refractivity contribution in [1.29, 1.82) is 0 Å². The normalized spacial score (nSPS) is 34.1. The highest BCUT2D eigenvalue weighted by molar-refractivity contribution is 6.32. The van der Waals surface area contributed by atoms with Crippen LogP contribution in [0.1, 0.15) is 20.1 Å². The lowest BCUT2D eigenvalue weighted by Gasteiger charge is -2.24. The van der Waals surface area contributed by atoms with E-state index in [0.717, 1.165) is 4.68 Å². The number of hydrogen-bond acceptors (Lipinski definition) is 7. The van der Waals surface area contributed by atoms with Crippen LogP contribution in [0.2, 0.25) is 5.02 Å². The Morgan fingerprint density at radius 1 is 1.48 bits per heavy atom. The number of aliphatic hydroxyl groups is 1. The van der Waals surface area contributed by atoms with Gasteiger partial charge in [-0.15, -0.1) is 0 Å². The van der Waals surface area contributed by atoms with Crippen molar-refractivity contribution in [3.05, 3.63) is 21.6 Å². The average Bonchev–Trinajstić information content (AvgIpc) is 2.90. The van der Waals surface area contributed by atoms with E-state index < -0.39 is 35.9 Å². The summed E-state index contributed by atoms with van der Waals surface area (Å²) in [6.07, 6.45) is -1.22. The maximum atomic E-state index is 12.2. The molecule has 8 nitrogen and oxygen atoms in total. The van der Waals surface area contributed by atoms with Gasteiger partial charge < -0.3 is 25.1 Å². The van der Waals surface area contributed by atoms with E-state index in [2.05, 4.69) is 5.10 Å². The molecule has 3 N–H and O–H groups in total. The first-order valence-electron chi connectivity index (χ1n) is 6.49. The van der Waals surface area contributed by atoms with Crippen LogP contribution in [0.4, 0.5) is 5.69 Å². The number of nitrogens with two attached hydrogens (primary N) is 1. The summed E-state index contributed by atoms with van der Waals surface area (Å²) in [4.78, 5) is 12.2. The third-order valence-electron chi connectivity index (χ3n) is 3.52. The van der Waals surface area contributed by atoms with Crippen molar-refractivity contribution in [3.8, 4) is 0 Å². The minimum atomic E-state index is -0.834. The molecule has 0 spiro atoms. The van der Waals surface area contributed by atoms with Crippen LogP contribution in [0, 0.1) is 0 Å². The van der Waals surface area contributed by atoms with Crippen LogP contribution in [-0.2, 0) is 14.2 Å². The second kappa shape index (κ2) is 4.92. The minimum Gasteiger partial charge on any atom is -0.396 e. The fourth-order valence-corrected chi connectivity index (χ4v) is 2.78. The summed E-state index contributed by atoms with van der Waals surface area (Å²) in [5.41, 5.74) is 5.06. The fraction of sp³-hybridized carbons (Fsp3) is 0.667. The van der Waals surface area contributed by atoms with Crippen molar-refractivity contribution in [3.63, 3.8) is 0 Å². The van der Waals surface area contributed by atoms with E-state index in [4.69, 9.17) is 31.5 Å². The Labute approximate surface area is 125 Å². The maximum Gasteiger partial charge on any atom is 0.290 e. The molecule has 0 saturated carbocycles. The highest BCUT2D eigenvalue weighted by atomic mass is 35.5. The Balaban J connectivity index is 2.00. The molecule has 2 saturated heterocycles. The van der Waals surface area contributed by atoms with Crippen LogP contribution in [0.3, 0.4) is 0 Å². The predicted molar refractivity (Wildman–Crippen MR) is 72.7 cm³/mol. The van der Waals surface area contributed by atoms with E-state index in [1.807, 2.05) is 0 Å². The summed E-state index contributed by atoms with van der Waals surface area (Å²) in [6, 6.07) is 0. The van der Waals surface area contributed by atoms with Gasteiger partial charge in [0.1, 0.15) is 23.3 Å². The van der Waals surface area contributed by atoms with Crippen LogP contribution >= 0.6 is 11.6 Å². The van der Waals surface area contributed by atoms with Crippen molar-refractivity contribution in [2.75, 3.05) is 12.3 Å². The molecule has 3 heterocycles. The summed E-state index contributed by atoms with van der Waals surface area (Å²) < 4.78 is 18.2. The largest absolute Gasteiger partial charge is 0.396 e. The van der Waals surface area contributed by atoms with E-state index in [9.17, 15) is 9.90 Å². The second-order valence-electron chi connectivity index (χ2n) is 5.48. The standard InChI is InChI=1S/C12H16ClN3O5/c1-12(2)20-8-6(4-17)19-11(9(8)21-12)16-10(18)7(13)5(14)3-15-16/h3,6,8-9,11,17H,4,14H2,1-2H3/t6-,8-,9-,11-/m1/s1. The van der Waals surface area contributed by atoms with E-state index in [1.165, 1.54) is 6.20 Å². The number of fused-ring (bicyclic) bond motifs is 1. The van der Waals surface area contributed by atoms with Crippen LogP contribution in [0.15, 0.2) is 11.0 Å². The molecule has 1 aromatic heterocycles. The Hall–Kier alpha value is -1.19. The molecule has 2 fully saturated rings. The minimum absolute atomic E-state index is 0.0927. The molecular formula is C12H16ClN3O5. The van der Waals surface area contributed by atoms with Crippen LogP contribution in [0.5, 0.6) is 0 Å². The van der Waals surface area contributed by atoms with Crippen molar-refractivity contribution in [2.24, 2.45) is 0 Å². The van der Waals surface area contributed by atoms with Gasteiger partial charge in [-0.2, -0.15) is 9.78 Å². The zero-order valence-electron chi connectivity index (χ0n) is 11.5. The highest BCUT2D eigenvalue weighted by Gasteiger charge is 2.56. The van der Waals surface area contributed by atoms with Gasteiger partial charge in [0.15, 0.2) is 12.0 Å². The molecule has 0 amide bonds. The zero-order chi connectivity index (χ0) is 15.4. The van der Waals surface area contributed by atoms with E-state index in [0.29, 0.717) is 0 Å². The van der Waals surface area contributed by atoms with Gasteiger partial charge >= 0.3 is 0 Å². The number of ether oxygens (including phenoxy) is 3. The van der Waals surface area contributed by atoms with Gasteiger partial charge in [-0.3, -0.25) is 4.79 Å². The predicted octanol–water partition coefficient (Wildman–Crippen LogP) is -0.111. The van der Waals surface area contributed by atoms with Crippen LogP contribution < -0.4 is 11.3 Å². The Kier molecular flexibility index (Phi) is 3.45. The topological polar surface area (TPSA) is 109 Å². The van der Waals surface area contributed by atoms with Crippen LogP contribution in [-0.4, -0.2) is 45.6 Å². The molecule has 2 aliphatic heterocycles. The molecule has 0 bridgehead atoms. The monoisotopic (exact) mass is 317 g/mol. The van der Waals surface area contributed by atoms with E-state index >= 15 is 0 Å². The fourth-order valence-electron chi connectivity index (χ4n) is 2.64. The molecule has 116 valence electrons. The van der Waals surface area contributed by atoms with Crippen LogP contribution in [0.25, 0.3) is 0 Å². The summed E-state index contributed by atoms with van der Waals surface area (Å²) in [7, 11) is 0. The van der Waals surface area contributed by atoms with Crippen molar-refractivity contribution in [2.45, 2.75) is 44.2 Å². The first-order valence-corrected chi connectivity index (χ1v) is 6.86. The second-order valence-corrected chi connectivity index (χ2v) is 5.85. The smallest absolute Gasteiger partial charge is 0.290 e. The number of rotatable bonds is 2. The van der Waals surface area contributed by atoms with Crippen molar-refractivity contribution < 1.29 is 19.3 Å². The molecule has 21 heavy (non-hydrogen) atoms. The van der Waals surface area contributed by atoms with Crippen molar-refractivity contribution in [1.82, 2.24) is 9.78 Å². The number of halogens is 1. The summed E-state index contributed by atoms with van der Waals surface area (Å²) in [5.74, 6) is -0.827. The van der Waals surface area contributed by atoms with Gasteiger partial charge in [-0.25, -0.2) is 0 Å². The Morgan fingerprint density at radius 3 is 2.81 bits per heavy atom. The lowest BCUT2D eigenvalue weighted by Crippen LogP contribution is -2.35. The molecule has 1 aromatic rings. The van der Waals surface area contributed by atoms with Gasteiger partial charge in [0, 0.05) is 0 Å². The summed E-state index contributed by atoms with van der Waals surface area (Å²) in [5, 5.41) is 13.2. The van der Waals surface area contributed by atoms with Gasteiger partial charge in [0.05, 0.1) is 18.5 Å². The quantitative estimate of drug-likeness (QED) is 0.783. The Bertz CT molecular complexity index is 619. The van der Waals surface area contributed by atoms with Gasteiger partial charge in [0.25, 0.3) is 5.56 Å². The lowest BCUT2D eigenvalue weighted by atomic mass is 10.1. The highest BCUT2D eigenvalue weighted by Crippen LogP contribution is 2.42.